The van der Waals surface area contributed by atoms with Gasteiger partial charge in [-0.1, -0.05) is 72.8 Å². The third-order valence-electron chi connectivity index (χ3n) is 5.62. The van der Waals surface area contributed by atoms with E-state index in [0.717, 1.165) is 11.1 Å². The van der Waals surface area contributed by atoms with Crippen molar-refractivity contribution in [1.82, 2.24) is 4.90 Å². The van der Waals surface area contributed by atoms with Crippen molar-refractivity contribution in [3.63, 3.8) is 0 Å². The number of carbonyl (C=O) groups is 2. The summed E-state index contributed by atoms with van der Waals surface area (Å²) >= 11 is 0. The number of hydrogen-bond donors (Lipinski definition) is 0. The van der Waals surface area contributed by atoms with Gasteiger partial charge in [-0.15, -0.1) is 0 Å². The van der Waals surface area contributed by atoms with Crippen molar-refractivity contribution >= 4 is 11.8 Å². The van der Waals surface area contributed by atoms with Gasteiger partial charge in [0.25, 0.3) is 11.8 Å². The molecule has 4 aromatic rings. The maximum absolute atomic E-state index is 12.8. The highest BCUT2D eigenvalue weighted by Crippen LogP contribution is 2.29. The second kappa shape index (κ2) is 9.58. The van der Waals surface area contributed by atoms with Crippen LogP contribution in [0.25, 0.3) is 0 Å². The molecule has 1 aliphatic heterocycles. The second-order valence-corrected chi connectivity index (χ2v) is 7.98. The van der Waals surface area contributed by atoms with Crippen molar-refractivity contribution in [3.8, 4) is 11.5 Å². The number of nitrogens with one attached hydrogen (secondary N) is 1. The fraction of sp³-hybridized carbons (Fsp3) is 0.107. The first-order chi connectivity index (χ1) is 16.7. The highest BCUT2D eigenvalue weighted by molar-refractivity contribution is 6.21. The minimum absolute atomic E-state index is 0.104. The standard InChI is InChI=1S/C28H22N2O4/c31-27-23-13-7-8-14-24(23)28(32)30(27)17-22-15-25(33-18-20-9-3-1-4-10-20)26(16-29-22)34-19-21-11-5-2-6-12-21/h1-16H,17-19H2/p+1. The van der Waals surface area contributed by atoms with Gasteiger partial charge in [-0.2, -0.15) is 0 Å². The molecule has 3 aromatic carbocycles. The van der Waals surface area contributed by atoms with E-state index in [9.17, 15) is 9.59 Å². The van der Waals surface area contributed by atoms with E-state index in [-0.39, 0.29) is 18.4 Å². The molecule has 1 N–H and O–H groups in total. The molecule has 0 saturated carbocycles. The number of rotatable bonds is 8. The normalized spacial score (nSPS) is 12.5. The fourth-order valence-corrected chi connectivity index (χ4v) is 3.84. The zero-order valence-electron chi connectivity index (χ0n) is 18.4. The zero-order valence-corrected chi connectivity index (χ0v) is 18.4. The number of carbonyl (C=O) groups excluding carboxylic acids is 2. The molecule has 34 heavy (non-hydrogen) atoms. The van der Waals surface area contributed by atoms with E-state index < -0.39 is 0 Å². The smallest absolute Gasteiger partial charge is 0.262 e. The Balaban J connectivity index is 1.37. The largest absolute Gasteiger partial charge is 0.485 e. The molecule has 2 amide bonds. The molecule has 1 aliphatic rings. The van der Waals surface area contributed by atoms with E-state index in [0.29, 0.717) is 41.5 Å². The Bertz CT molecular complexity index is 1290. The lowest BCUT2D eigenvalue weighted by molar-refractivity contribution is -0.393. The maximum Gasteiger partial charge on any atom is 0.262 e. The first-order valence-corrected chi connectivity index (χ1v) is 11.0. The number of aromatic nitrogens is 1. The average Bonchev–Trinajstić information content (AvgIpc) is 3.13. The van der Waals surface area contributed by atoms with E-state index in [4.69, 9.17) is 9.47 Å². The monoisotopic (exact) mass is 451 g/mol. The van der Waals surface area contributed by atoms with E-state index >= 15 is 0 Å². The van der Waals surface area contributed by atoms with Gasteiger partial charge in [-0.05, 0) is 23.3 Å². The first-order valence-electron chi connectivity index (χ1n) is 11.0. The highest BCUT2D eigenvalue weighted by Gasteiger charge is 2.36. The molecule has 0 saturated heterocycles. The Hall–Kier alpha value is -4.45. The summed E-state index contributed by atoms with van der Waals surface area (Å²) in [6.07, 6.45) is 1.71. The third-order valence-corrected chi connectivity index (χ3v) is 5.62. The number of ether oxygens (including phenoxy) is 2. The summed E-state index contributed by atoms with van der Waals surface area (Å²) in [6, 6.07) is 28.3. The number of pyridine rings is 1. The minimum Gasteiger partial charge on any atom is -0.485 e. The van der Waals surface area contributed by atoms with E-state index in [1.54, 1.807) is 36.5 Å². The van der Waals surface area contributed by atoms with Crippen LogP contribution in [0.4, 0.5) is 0 Å². The van der Waals surface area contributed by atoms with Crippen LogP contribution in [0.2, 0.25) is 0 Å². The molecule has 0 fully saturated rings. The Morgan fingerprint density at radius 2 is 1.15 bits per heavy atom. The fourth-order valence-electron chi connectivity index (χ4n) is 3.84. The second-order valence-electron chi connectivity index (χ2n) is 7.98. The summed E-state index contributed by atoms with van der Waals surface area (Å²) in [5.74, 6) is 0.478. The number of nitrogens with zero attached hydrogens (tertiary/aromatic N) is 1. The van der Waals surface area contributed by atoms with Gasteiger partial charge in [0.15, 0.2) is 5.75 Å². The SMILES string of the molecule is O=C1c2ccccc2C(=O)N1Cc1cc(OCc2ccccc2)c(OCc2ccccc2)c[nH+]1. The molecular formula is C28H23N2O4+. The number of aromatic amines is 1. The summed E-state index contributed by atoms with van der Waals surface area (Å²) in [4.78, 5) is 29.9. The molecule has 6 heteroatoms. The van der Waals surface area contributed by atoms with Crippen LogP contribution >= 0.6 is 0 Å². The average molecular weight is 452 g/mol. The van der Waals surface area contributed by atoms with Crippen molar-refractivity contribution in [2.45, 2.75) is 19.8 Å². The molecule has 0 bridgehead atoms. The molecule has 1 aromatic heterocycles. The van der Waals surface area contributed by atoms with Crippen molar-refractivity contribution in [2.24, 2.45) is 0 Å². The highest BCUT2D eigenvalue weighted by atomic mass is 16.5. The van der Waals surface area contributed by atoms with Gasteiger partial charge in [0.2, 0.25) is 17.6 Å². The maximum atomic E-state index is 12.8. The molecule has 6 nitrogen and oxygen atoms in total. The lowest BCUT2D eigenvalue weighted by Crippen LogP contribution is -2.31. The van der Waals surface area contributed by atoms with Crippen LogP contribution in [0, 0.1) is 0 Å². The lowest BCUT2D eigenvalue weighted by atomic mass is 10.1. The van der Waals surface area contributed by atoms with Crippen molar-refractivity contribution in [3.05, 3.63) is 125 Å². The van der Waals surface area contributed by atoms with Gasteiger partial charge in [-0.3, -0.25) is 14.5 Å². The van der Waals surface area contributed by atoms with Crippen molar-refractivity contribution in [2.75, 3.05) is 0 Å². The third kappa shape index (κ3) is 4.52. The number of imide groups is 1. The van der Waals surface area contributed by atoms with Gasteiger partial charge in [0.05, 0.1) is 17.2 Å². The van der Waals surface area contributed by atoms with Gasteiger partial charge >= 0.3 is 0 Å². The number of hydrogen-bond acceptors (Lipinski definition) is 4. The summed E-state index contributed by atoms with van der Waals surface area (Å²) in [5.41, 5.74) is 3.56. The summed E-state index contributed by atoms with van der Waals surface area (Å²) < 4.78 is 12.1. The molecule has 0 spiro atoms. The molecule has 0 atom stereocenters. The van der Waals surface area contributed by atoms with Crippen LogP contribution in [-0.2, 0) is 19.8 Å². The minimum atomic E-state index is -0.301. The van der Waals surface area contributed by atoms with Crippen LogP contribution < -0.4 is 14.5 Å². The Labute approximate surface area is 197 Å². The van der Waals surface area contributed by atoms with E-state index in [1.165, 1.54) is 4.90 Å². The molecule has 2 heterocycles. The Morgan fingerprint density at radius 3 is 1.71 bits per heavy atom. The van der Waals surface area contributed by atoms with Crippen LogP contribution in [0.3, 0.4) is 0 Å². The predicted octanol–water partition coefficient (Wildman–Crippen LogP) is 4.45. The van der Waals surface area contributed by atoms with Crippen LogP contribution in [0.5, 0.6) is 11.5 Å². The summed E-state index contributed by atoms with van der Waals surface area (Å²) in [6.45, 7) is 0.847. The van der Waals surface area contributed by atoms with Gasteiger partial charge in [0.1, 0.15) is 19.8 Å². The Morgan fingerprint density at radius 1 is 0.647 bits per heavy atom. The molecule has 168 valence electrons. The number of fused-ring (bicyclic) bond motifs is 1. The number of benzene rings is 3. The molecule has 0 radical (unpaired) electrons. The molecule has 0 aliphatic carbocycles. The number of amides is 2. The van der Waals surface area contributed by atoms with E-state index in [2.05, 4.69) is 4.98 Å². The molecular weight excluding hydrogens is 428 g/mol. The van der Waals surface area contributed by atoms with Gasteiger partial charge < -0.3 is 9.47 Å². The Kier molecular flexibility index (Phi) is 6.03. The van der Waals surface area contributed by atoms with Crippen LogP contribution in [0.1, 0.15) is 37.5 Å². The van der Waals surface area contributed by atoms with E-state index in [1.807, 2.05) is 60.7 Å². The molecule has 0 unspecified atom stereocenters. The molecule has 5 rings (SSSR count). The summed E-state index contributed by atoms with van der Waals surface area (Å²) in [7, 11) is 0. The quantitative estimate of drug-likeness (QED) is 0.371. The van der Waals surface area contributed by atoms with Gasteiger partial charge in [0, 0.05) is 0 Å². The lowest BCUT2D eigenvalue weighted by Gasteiger charge is -2.14. The zero-order chi connectivity index (χ0) is 23.3. The van der Waals surface area contributed by atoms with Crippen LogP contribution in [-0.4, -0.2) is 16.7 Å². The predicted molar refractivity (Wildman–Crippen MR) is 125 cm³/mol. The van der Waals surface area contributed by atoms with Crippen molar-refractivity contribution in [1.29, 1.82) is 0 Å². The first kappa shape index (κ1) is 21.4. The van der Waals surface area contributed by atoms with Crippen LogP contribution in [0.15, 0.2) is 97.2 Å². The van der Waals surface area contributed by atoms with Crippen molar-refractivity contribution < 1.29 is 24.0 Å². The topological polar surface area (TPSA) is 70.0 Å². The number of H-pyrrole nitrogens is 1. The summed E-state index contributed by atoms with van der Waals surface area (Å²) in [5, 5.41) is 0. The van der Waals surface area contributed by atoms with Gasteiger partial charge in [-0.25, -0.2) is 4.98 Å².